The topological polar surface area (TPSA) is 174 Å². The summed E-state index contributed by atoms with van der Waals surface area (Å²) in [6, 6.07) is 4.63. The summed E-state index contributed by atoms with van der Waals surface area (Å²) >= 11 is 0. The van der Waals surface area contributed by atoms with Crippen LogP contribution < -0.4 is 15.0 Å². The number of unbranched alkanes of at least 4 members (excludes halogenated alkanes) is 1. The third kappa shape index (κ3) is 9.14. The molecule has 1 unspecified atom stereocenters. The van der Waals surface area contributed by atoms with Crippen molar-refractivity contribution in [3.8, 4) is 17.9 Å². The summed E-state index contributed by atoms with van der Waals surface area (Å²) in [6.07, 6.45) is -8.12. The average Bonchev–Trinajstić information content (AvgIpc) is 3.07. The minimum atomic E-state index is -4.91. The number of aliphatic carboxylic acids is 1. The number of rotatable bonds is 12. The van der Waals surface area contributed by atoms with E-state index < -0.39 is 66.8 Å². The molecular formula is C32H29F6N7O5. The van der Waals surface area contributed by atoms with E-state index in [0.717, 1.165) is 23.1 Å². The molecule has 1 aliphatic heterocycles. The number of carbonyl (C=O) groups is 2. The van der Waals surface area contributed by atoms with Gasteiger partial charge in [0.2, 0.25) is 0 Å². The summed E-state index contributed by atoms with van der Waals surface area (Å²) in [6.45, 7) is 1.32. The maximum Gasteiger partial charge on any atom is 0.433 e. The van der Waals surface area contributed by atoms with Gasteiger partial charge in [-0.1, -0.05) is 6.92 Å². The molecule has 3 aromatic rings. The van der Waals surface area contributed by atoms with E-state index in [1.54, 1.807) is 13.0 Å². The van der Waals surface area contributed by atoms with Crippen LogP contribution in [-0.4, -0.2) is 51.4 Å². The number of anilines is 1. The van der Waals surface area contributed by atoms with Crippen LogP contribution in [-0.2, 0) is 21.9 Å². The molecule has 3 heterocycles. The summed E-state index contributed by atoms with van der Waals surface area (Å²) in [5, 5.41) is 30.3. The monoisotopic (exact) mass is 705 g/mol. The number of carbonyl (C=O) groups excluding carboxylic acids is 1. The second kappa shape index (κ2) is 15.8. The second-order valence-corrected chi connectivity index (χ2v) is 11.0. The Kier molecular flexibility index (Phi) is 11.8. The molecule has 50 heavy (non-hydrogen) atoms. The fourth-order valence-electron chi connectivity index (χ4n) is 5.27. The summed E-state index contributed by atoms with van der Waals surface area (Å²) in [4.78, 5) is 37.5. The van der Waals surface area contributed by atoms with Gasteiger partial charge in [-0.3, -0.25) is 15.0 Å². The van der Waals surface area contributed by atoms with Gasteiger partial charge in [-0.05, 0) is 55.2 Å². The van der Waals surface area contributed by atoms with Crippen molar-refractivity contribution < 1.29 is 50.5 Å². The Balaban J connectivity index is 1.83. The minimum absolute atomic E-state index is 0.100. The first-order valence-corrected chi connectivity index (χ1v) is 15.1. The van der Waals surface area contributed by atoms with Crippen LogP contribution in [0.15, 0.2) is 42.7 Å². The number of benzene rings is 1. The highest BCUT2D eigenvalue weighted by Crippen LogP contribution is 2.42. The van der Waals surface area contributed by atoms with Gasteiger partial charge in [-0.25, -0.2) is 19.7 Å². The van der Waals surface area contributed by atoms with Crippen molar-refractivity contribution in [2.45, 2.75) is 69.5 Å². The molecule has 18 heteroatoms. The van der Waals surface area contributed by atoms with Crippen LogP contribution in [0, 0.1) is 22.7 Å². The van der Waals surface area contributed by atoms with Gasteiger partial charge < -0.3 is 14.6 Å². The number of pyridine rings is 1. The fourth-order valence-corrected chi connectivity index (χ4v) is 5.27. The van der Waals surface area contributed by atoms with E-state index in [9.17, 15) is 41.2 Å². The van der Waals surface area contributed by atoms with Crippen LogP contribution in [0.2, 0.25) is 0 Å². The van der Waals surface area contributed by atoms with Gasteiger partial charge in [0.15, 0.2) is 5.75 Å². The number of aromatic nitrogens is 3. The van der Waals surface area contributed by atoms with E-state index in [0.29, 0.717) is 18.6 Å². The molecule has 0 saturated carbocycles. The zero-order valence-corrected chi connectivity index (χ0v) is 26.3. The molecule has 0 fully saturated rings. The molecule has 1 aliphatic rings. The van der Waals surface area contributed by atoms with E-state index in [-0.39, 0.29) is 60.0 Å². The van der Waals surface area contributed by atoms with Gasteiger partial charge in [-0.15, -0.1) is 0 Å². The van der Waals surface area contributed by atoms with Crippen molar-refractivity contribution in [2.75, 3.05) is 18.1 Å². The Labute approximate surface area is 281 Å². The molecule has 0 spiro atoms. The van der Waals surface area contributed by atoms with E-state index in [4.69, 9.17) is 19.8 Å². The Morgan fingerprint density at radius 3 is 2.40 bits per heavy atom. The normalized spacial score (nSPS) is 16.5. The highest BCUT2D eigenvalue weighted by molar-refractivity contribution is 5.90. The molecule has 0 saturated heterocycles. The number of carboxylic acid groups (broad SMARTS) is 1. The van der Waals surface area contributed by atoms with Crippen LogP contribution in [0.3, 0.4) is 0 Å². The number of nitriles is 2. The molecule has 4 rings (SSSR count). The first kappa shape index (κ1) is 37.3. The van der Waals surface area contributed by atoms with Gasteiger partial charge in [0.05, 0.1) is 72.2 Å². The predicted molar refractivity (Wildman–Crippen MR) is 160 cm³/mol. The third-order valence-electron chi connectivity index (χ3n) is 7.59. The van der Waals surface area contributed by atoms with Crippen LogP contribution in [0.25, 0.3) is 0 Å². The average molecular weight is 706 g/mol. The summed E-state index contributed by atoms with van der Waals surface area (Å²) in [7, 11) is 0. The number of alkyl halides is 6. The maximum absolute atomic E-state index is 13.9. The fraction of sp³-hybridized carbons (Fsp3) is 0.406. The standard InChI is InChI=1S/C32H29F6N7O5/c1-2-21-14-23(28-24(5-6-25(44-28)32(36,37)38)45(21)30(48)50-10-7-26(46)47)43-27(19-11-18(15-40)12-20(13-19)31(33,34)35)29-41-16-22(17-42-29)49-9-4-3-8-39/h5-6,11-13,16-17,21,23,27,43H,2-4,7,9-10,14H2,1H3,(H,46,47)/t21-,23+,27?/m1/s1. The van der Waals surface area contributed by atoms with Crippen molar-refractivity contribution in [3.63, 3.8) is 0 Å². The minimum Gasteiger partial charge on any atom is -0.490 e. The van der Waals surface area contributed by atoms with Gasteiger partial charge in [-0.2, -0.15) is 36.9 Å². The number of ether oxygens (including phenoxy) is 2. The first-order valence-electron chi connectivity index (χ1n) is 15.1. The highest BCUT2D eigenvalue weighted by Gasteiger charge is 2.42. The highest BCUT2D eigenvalue weighted by atomic mass is 19.4. The SMILES string of the molecule is CC[C@@H]1C[C@H](NC(c2cc(C#N)cc(C(F)(F)F)c2)c2ncc(OCCCC#N)cn2)c2nc(C(F)(F)F)ccc2N1C(=O)OCCC(=O)O. The quantitative estimate of drug-likeness (QED) is 0.156. The Morgan fingerprint density at radius 1 is 1.08 bits per heavy atom. The van der Waals surface area contributed by atoms with E-state index in [1.807, 2.05) is 6.07 Å². The molecule has 1 aromatic carbocycles. The lowest BCUT2D eigenvalue weighted by Crippen LogP contribution is -2.48. The summed E-state index contributed by atoms with van der Waals surface area (Å²) in [5.41, 5.74) is -3.38. The zero-order valence-electron chi connectivity index (χ0n) is 26.3. The molecule has 0 radical (unpaired) electrons. The summed E-state index contributed by atoms with van der Waals surface area (Å²) < 4.78 is 94.1. The molecule has 0 bridgehead atoms. The van der Waals surface area contributed by atoms with Gasteiger partial charge in [0.1, 0.15) is 18.1 Å². The van der Waals surface area contributed by atoms with Gasteiger partial charge in [0, 0.05) is 12.5 Å². The Hall–Kier alpha value is -5.49. The lowest BCUT2D eigenvalue weighted by atomic mass is 9.91. The molecule has 0 aliphatic carbocycles. The summed E-state index contributed by atoms with van der Waals surface area (Å²) in [5.74, 6) is -1.20. The van der Waals surface area contributed by atoms with E-state index >= 15 is 0 Å². The zero-order chi connectivity index (χ0) is 36.6. The van der Waals surface area contributed by atoms with Crippen LogP contribution in [0.4, 0.5) is 36.8 Å². The first-order chi connectivity index (χ1) is 23.7. The van der Waals surface area contributed by atoms with Crippen molar-refractivity contribution >= 4 is 17.7 Å². The Bertz CT molecular complexity index is 1770. The van der Waals surface area contributed by atoms with Gasteiger partial charge in [0.25, 0.3) is 0 Å². The molecule has 2 N–H and O–H groups in total. The molecule has 3 atom stereocenters. The molecule has 1 amide bonds. The second-order valence-electron chi connectivity index (χ2n) is 11.0. The molecular weight excluding hydrogens is 676 g/mol. The number of amides is 1. The van der Waals surface area contributed by atoms with E-state index in [2.05, 4.69) is 20.3 Å². The van der Waals surface area contributed by atoms with Crippen LogP contribution >= 0.6 is 0 Å². The van der Waals surface area contributed by atoms with Crippen LogP contribution in [0.5, 0.6) is 5.75 Å². The van der Waals surface area contributed by atoms with Crippen molar-refractivity contribution in [1.29, 1.82) is 10.5 Å². The maximum atomic E-state index is 13.9. The van der Waals surface area contributed by atoms with Crippen molar-refractivity contribution in [2.24, 2.45) is 0 Å². The molecule has 264 valence electrons. The smallest absolute Gasteiger partial charge is 0.433 e. The lowest BCUT2D eigenvalue weighted by Gasteiger charge is -2.40. The number of carboxylic acids is 1. The number of halogens is 6. The number of hydrogen-bond donors (Lipinski definition) is 2. The number of hydrogen-bond acceptors (Lipinski definition) is 10. The van der Waals surface area contributed by atoms with Crippen LogP contribution in [0.1, 0.15) is 85.0 Å². The van der Waals surface area contributed by atoms with Gasteiger partial charge >= 0.3 is 24.4 Å². The number of nitrogens with one attached hydrogen (secondary N) is 1. The number of nitrogens with zero attached hydrogens (tertiary/aromatic N) is 6. The third-order valence-corrected chi connectivity index (χ3v) is 7.59. The molecule has 12 nitrogen and oxygen atoms in total. The largest absolute Gasteiger partial charge is 0.490 e. The predicted octanol–water partition coefficient (Wildman–Crippen LogP) is 6.48. The van der Waals surface area contributed by atoms with Crippen molar-refractivity contribution in [1.82, 2.24) is 20.3 Å². The Morgan fingerprint density at radius 2 is 1.80 bits per heavy atom. The lowest BCUT2D eigenvalue weighted by molar-refractivity contribution is -0.141. The van der Waals surface area contributed by atoms with E-state index in [1.165, 1.54) is 12.4 Å². The number of fused-ring (bicyclic) bond motifs is 1. The van der Waals surface area contributed by atoms with Crippen molar-refractivity contribution in [3.05, 3.63) is 76.6 Å². The molecule has 2 aromatic heterocycles.